The van der Waals surface area contributed by atoms with E-state index in [0.29, 0.717) is 10.6 Å². The molecular formula is C5H6NO3S2. The minimum atomic E-state index is -4.15. The van der Waals surface area contributed by atoms with Gasteiger partial charge in [0.1, 0.15) is 5.00 Å². The van der Waals surface area contributed by atoms with Crippen LogP contribution < -0.4 is 4.72 Å². The lowest BCUT2D eigenvalue weighted by Gasteiger charge is -1.98. The molecule has 0 aromatic carbocycles. The molecule has 0 atom stereocenters. The number of thiophene rings is 1. The highest BCUT2D eigenvalue weighted by atomic mass is 32.2. The Morgan fingerprint density at radius 2 is 2.27 bits per heavy atom. The maximum absolute atomic E-state index is 10.3. The van der Waals surface area contributed by atoms with E-state index in [2.05, 4.69) is 6.92 Å². The number of nitrogens with one attached hydrogen (secondary N) is 1. The van der Waals surface area contributed by atoms with Crippen LogP contribution in [0.5, 0.6) is 0 Å². The summed E-state index contributed by atoms with van der Waals surface area (Å²) in [6.45, 7) is 3.54. The van der Waals surface area contributed by atoms with Gasteiger partial charge in [0.05, 0.1) is 0 Å². The molecular weight excluding hydrogens is 186 g/mol. The van der Waals surface area contributed by atoms with Crippen molar-refractivity contribution in [2.24, 2.45) is 0 Å². The lowest BCUT2D eigenvalue weighted by atomic mass is 10.4. The van der Waals surface area contributed by atoms with Crippen molar-refractivity contribution in [3.8, 4) is 0 Å². The predicted molar refractivity (Wildman–Crippen MR) is 43.9 cm³/mol. The molecule has 0 unspecified atom stereocenters. The van der Waals surface area contributed by atoms with E-state index in [-0.39, 0.29) is 0 Å². The van der Waals surface area contributed by atoms with E-state index in [1.807, 2.05) is 4.72 Å². The minimum absolute atomic E-state index is 0.340. The molecule has 1 rings (SSSR count). The van der Waals surface area contributed by atoms with Gasteiger partial charge in [-0.25, -0.2) is 0 Å². The summed E-state index contributed by atoms with van der Waals surface area (Å²) in [7, 11) is -4.15. The van der Waals surface area contributed by atoms with Crippen LogP contribution in [-0.2, 0) is 10.3 Å². The highest BCUT2D eigenvalue weighted by molar-refractivity contribution is 7.87. The van der Waals surface area contributed by atoms with E-state index in [9.17, 15) is 8.42 Å². The van der Waals surface area contributed by atoms with E-state index in [1.54, 1.807) is 11.4 Å². The molecule has 0 saturated heterocycles. The highest BCUT2D eigenvalue weighted by Crippen LogP contribution is 2.22. The van der Waals surface area contributed by atoms with Crippen molar-refractivity contribution in [1.29, 1.82) is 0 Å². The zero-order chi connectivity index (χ0) is 8.48. The smallest absolute Gasteiger partial charge is 0.269 e. The second kappa shape index (κ2) is 2.80. The van der Waals surface area contributed by atoms with Gasteiger partial charge in [-0.15, -0.1) is 11.3 Å². The van der Waals surface area contributed by atoms with Crippen molar-refractivity contribution in [3.63, 3.8) is 0 Å². The van der Waals surface area contributed by atoms with Crippen molar-refractivity contribution in [2.45, 2.75) is 0 Å². The Kier molecular flexibility index (Phi) is 2.17. The Labute approximate surface area is 68.8 Å². The van der Waals surface area contributed by atoms with Crippen LogP contribution in [0.1, 0.15) is 5.56 Å². The van der Waals surface area contributed by atoms with Gasteiger partial charge in [0.15, 0.2) is 0 Å². The van der Waals surface area contributed by atoms with Gasteiger partial charge in [-0.2, -0.15) is 8.42 Å². The third-order valence-corrected chi connectivity index (χ3v) is 2.43. The van der Waals surface area contributed by atoms with E-state index >= 15 is 0 Å². The molecule has 0 saturated carbocycles. The van der Waals surface area contributed by atoms with Gasteiger partial charge in [0.2, 0.25) is 0 Å². The molecule has 11 heavy (non-hydrogen) atoms. The second-order valence-electron chi connectivity index (χ2n) is 1.85. The van der Waals surface area contributed by atoms with Gasteiger partial charge in [-0.05, 0) is 23.9 Å². The van der Waals surface area contributed by atoms with Gasteiger partial charge in [0, 0.05) is 0 Å². The first-order chi connectivity index (χ1) is 4.99. The van der Waals surface area contributed by atoms with Gasteiger partial charge < -0.3 is 0 Å². The molecule has 2 N–H and O–H groups in total. The van der Waals surface area contributed by atoms with Crippen LogP contribution in [0.2, 0.25) is 0 Å². The zero-order valence-electron chi connectivity index (χ0n) is 5.44. The summed E-state index contributed by atoms with van der Waals surface area (Å²) in [5, 5.41) is 2.02. The topological polar surface area (TPSA) is 66.4 Å². The lowest BCUT2D eigenvalue weighted by Crippen LogP contribution is -2.09. The Hall–Kier alpha value is -0.590. The molecule has 0 aliphatic rings. The molecule has 0 aliphatic heterocycles. The molecule has 0 amide bonds. The fourth-order valence-electron chi connectivity index (χ4n) is 0.542. The number of hydrogen-bond acceptors (Lipinski definition) is 3. The summed E-state index contributed by atoms with van der Waals surface area (Å²) in [5.41, 5.74) is 0.549. The number of rotatable bonds is 2. The summed E-state index contributed by atoms with van der Waals surface area (Å²) in [4.78, 5) is 0. The average Bonchev–Trinajstić information content (AvgIpc) is 2.12. The highest BCUT2D eigenvalue weighted by Gasteiger charge is 2.06. The second-order valence-corrected chi connectivity index (χ2v) is 3.92. The summed E-state index contributed by atoms with van der Waals surface area (Å²) in [5.74, 6) is 0. The first kappa shape index (κ1) is 8.51. The number of anilines is 1. The fraction of sp³-hybridized carbons (Fsp3) is 0. The standard InChI is InChI=1S/C5H6NO3S2/c1-4-2-3-10-5(4)6-11(7,8)9/h2-3,6H,1H2,(H,7,8,9). The van der Waals surface area contributed by atoms with E-state index < -0.39 is 10.3 Å². The molecule has 0 fully saturated rings. The monoisotopic (exact) mass is 192 g/mol. The zero-order valence-corrected chi connectivity index (χ0v) is 7.08. The molecule has 0 aliphatic carbocycles. The normalized spacial score (nSPS) is 11.5. The Morgan fingerprint density at radius 1 is 1.64 bits per heavy atom. The summed E-state index contributed by atoms with van der Waals surface area (Å²) in [6.07, 6.45) is 0. The van der Waals surface area contributed by atoms with Crippen LogP contribution in [0.4, 0.5) is 5.00 Å². The first-order valence-corrected chi connectivity index (χ1v) is 4.96. The molecule has 1 aromatic heterocycles. The quantitative estimate of drug-likeness (QED) is 0.690. The fourth-order valence-corrected chi connectivity index (χ4v) is 2.00. The summed E-state index contributed by atoms with van der Waals surface area (Å²) < 4.78 is 30.8. The van der Waals surface area contributed by atoms with E-state index in [1.165, 1.54) is 0 Å². The van der Waals surface area contributed by atoms with Crippen molar-refractivity contribution in [1.82, 2.24) is 0 Å². The van der Waals surface area contributed by atoms with Crippen molar-refractivity contribution < 1.29 is 13.0 Å². The molecule has 6 heteroatoms. The van der Waals surface area contributed by atoms with Crippen LogP contribution in [0.15, 0.2) is 11.4 Å². The van der Waals surface area contributed by atoms with Gasteiger partial charge in [0.25, 0.3) is 0 Å². The molecule has 0 bridgehead atoms. The van der Waals surface area contributed by atoms with E-state index in [4.69, 9.17) is 4.55 Å². The lowest BCUT2D eigenvalue weighted by molar-refractivity contribution is 0.490. The largest absolute Gasteiger partial charge is 0.358 e. The van der Waals surface area contributed by atoms with Gasteiger partial charge >= 0.3 is 10.3 Å². The van der Waals surface area contributed by atoms with Crippen LogP contribution in [0.3, 0.4) is 0 Å². The van der Waals surface area contributed by atoms with E-state index in [0.717, 1.165) is 11.3 Å². The number of hydrogen-bond donors (Lipinski definition) is 2. The Morgan fingerprint density at radius 3 is 2.64 bits per heavy atom. The van der Waals surface area contributed by atoms with Crippen molar-refractivity contribution >= 4 is 26.6 Å². The molecule has 1 radical (unpaired) electrons. The Bertz CT molecular complexity index is 340. The van der Waals surface area contributed by atoms with Crippen molar-refractivity contribution in [3.05, 3.63) is 23.9 Å². The van der Waals surface area contributed by atoms with Crippen LogP contribution in [0, 0.1) is 6.92 Å². The Balaban J connectivity index is 2.89. The van der Waals surface area contributed by atoms with Gasteiger partial charge in [-0.1, -0.05) is 0 Å². The van der Waals surface area contributed by atoms with Crippen LogP contribution >= 0.6 is 11.3 Å². The average molecular weight is 192 g/mol. The third kappa shape index (κ3) is 2.49. The summed E-state index contributed by atoms with van der Waals surface area (Å²) >= 11 is 1.16. The molecule has 1 aromatic rings. The first-order valence-electron chi connectivity index (χ1n) is 2.64. The molecule has 4 nitrogen and oxygen atoms in total. The SMILES string of the molecule is [CH2]c1ccsc1NS(=O)(=O)O. The van der Waals surface area contributed by atoms with Crippen LogP contribution in [0.25, 0.3) is 0 Å². The maximum Gasteiger partial charge on any atom is 0.358 e. The molecule has 0 spiro atoms. The predicted octanol–water partition coefficient (Wildman–Crippen LogP) is 1.14. The third-order valence-electron chi connectivity index (χ3n) is 0.968. The van der Waals surface area contributed by atoms with Crippen LogP contribution in [-0.4, -0.2) is 13.0 Å². The van der Waals surface area contributed by atoms with Gasteiger partial charge in [-0.3, -0.25) is 9.27 Å². The summed E-state index contributed by atoms with van der Waals surface area (Å²) in [6, 6.07) is 1.65. The molecule has 1 heterocycles. The van der Waals surface area contributed by atoms with Crippen molar-refractivity contribution in [2.75, 3.05) is 4.72 Å². The minimum Gasteiger partial charge on any atom is -0.269 e. The molecule has 61 valence electrons. The maximum atomic E-state index is 10.3.